The highest BCUT2D eigenvalue weighted by Crippen LogP contribution is 2.23. The number of rotatable bonds is 5. The van der Waals surface area contributed by atoms with Gasteiger partial charge in [-0.1, -0.05) is 12.1 Å². The van der Waals surface area contributed by atoms with Gasteiger partial charge in [-0.15, -0.1) is 0 Å². The molecule has 2 aromatic rings. The number of nitrogens with one attached hydrogen (secondary N) is 1. The Morgan fingerprint density at radius 1 is 1.05 bits per heavy atom. The summed E-state index contributed by atoms with van der Waals surface area (Å²) < 4.78 is 30.8. The van der Waals surface area contributed by atoms with Gasteiger partial charge in [0.25, 0.3) is 0 Å². The molecule has 0 saturated carbocycles. The van der Waals surface area contributed by atoms with Gasteiger partial charge in [-0.2, -0.15) is 0 Å². The van der Waals surface area contributed by atoms with Gasteiger partial charge >= 0.3 is 0 Å². The van der Waals surface area contributed by atoms with Crippen molar-refractivity contribution in [3.63, 3.8) is 0 Å². The second-order valence-electron chi connectivity index (χ2n) is 4.35. The van der Waals surface area contributed by atoms with Crippen molar-refractivity contribution in [2.24, 2.45) is 0 Å². The SMILES string of the molecule is COc1ccc(CNCc2ccc(F)c(F)c2)c(O)c1. The Hall–Kier alpha value is -2.14. The van der Waals surface area contributed by atoms with E-state index in [1.54, 1.807) is 12.1 Å². The number of phenols is 1. The summed E-state index contributed by atoms with van der Waals surface area (Å²) in [6.07, 6.45) is 0. The van der Waals surface area contributed by atoms with E-state index in [2.05, 4.69) is 5.32 Å². The maximum atomic E-state index is 13.0. The Morgan fingerprint density at radius 2 is 1.85 bits per heavy atom. The van der Waals surface area contributed by atoms with Crippen LogP contribution in [0.25, 0.3) is 0 Å². The van der Waals surface area contributed by atoms with Crippen LogP contribution >= 0.6 is 0 Å². The summed E-state index contributed by atoms with van der Waals surface area (Å²) >= 11 is 0. The Kier molecular flexibility index (Phi) is 4.53. The van der Waals surface area contributed by atoms with Crippen molar-refractivity contribution in [1.82, 2.24) is 5.32 Å². The molecule has 0 amide bonds. The number of methoxy groups -OCH3 is 1. The fraction of sp³-hybridized carbons (Fsp3) is 0.200. The molecule has 5 heteroatoms. The van der Waals surface area contributed by atoms with E-state index in [0.29, 0.717) is 30.0 Å². The fourth-order valence-corrected chi connectivity index (χ4v) is 1.81. The standard InChI is InChI=1S/C15H15F2NO2/c1-20-12-4-3-11(15(19)7-12)9-18-8-10-2-5-13(16)14(17)6-10/h2-7,18-19H,8-9H2,1H3. The molecule has 0 heterocycles. The van der Waals surface area contributed by atoms with Crippen LogP contribution < -0.4 is 10.1 Å². The van der Waals surface area contributed by atoms with Crippen molar-refractivity contribution in [3.05, 3.63) is 59.2 Å². The molecular formula is C15H15F2NO2. The minimum absolute atomic E-state index is 0.127. The van der Waals surface area contributed by atoms with Gasteiger partial charge in [0.2, 0.25) is 0 Å². The quantitative estimate of drug-likeness (QED) is 0.884. The van der Waals surface area contributed by atoms with Crippen LogP contribution in [0.5, 0.6) is 11.5 Å². The Morgan fingerprint density at radius 3 is 2.50 bits per heavy atom. The first-order valence-electron chi connectivity index (χ1n) is 6.10. The van der Waals surface area contributed by atoms with Crippen LogP contribution in [0.3, 0.4) is 0 Å². The Bertz CT molecular complexity index is 602. The molecule has 0 aromatic heterocycles. The first kappa shape index (κ1) is 14.3. The first-order chi connectivity index (χ1) is 9.60. The zero-order valence-electron chi connectivity index (χ0n) is 11.0. The second-order valence-corrected chi connectivity index (χ2v) is 4.35. The Labute approximate surface area is 115 Å². The van der Waals surface area contributed by atoms with Gasteiger partial charge in [0, 0.05) is 24.7 Å². The molecule has 0 aliphatic rings. The topological polar surface area (TPSA) is 41.5 Å². The molecule has 0 spiro atoms. The molecule has 0 aliphatic heterocycles. The number of halogens is 2. The minimum atomic E-state index is -0.864. The van der Waals surface area contributed by atoms with Crippen LogP contribution in [-0.4, -0.2) is 12.2 Å². The van der Waals surface area contributed by atoms with Gasteiger partial charge in [-0.25, -0.2) is 8.78 Å². The highest BCUT2D eigenvalue weighted by Gasteiger charge is 2.04. The van der Waals surface area contributed by atoms with Gasteiger partial charge in [0.15, 0.2) is 11.6 Å². The molecule has 20 heavy (non-hydrogen) atoms. The maximum Gasteiger partial charge on any atom is 0.159 e. The van der Waals surface area contributed by atoms with Gasteiger partial charge in [0.05, 0.1) is 7.11 Å². The summed E-state index contributed by atoms with van der Waals surface area (Å²) in [5.74, 6) is -1.02. The Balaban J connectivity index is 1.94. The summed E-state index contributed by atoms with van der Waals surface area (Å²) in [6, 6.07) is 8.77. The van der Waals surface area contributed by atoms with E-state index in [0.717, 1.165) is 12.1 Å². The predicted octanol–water partition coefficient (Wildman–Crippen LogP) is 2.97. The maximum absolute atomic E-state index is 13.0. The van der Waals surface area contributed by atoms with Gasteiger partial charge < -0.3 is 15.2 Å². The molecule has 2 rings (SSSR count). The van der Waals surface area contributed by atoms with Crippen LogP contribution in [-0.2, 0) is 13.1 Å². The lowest BCUT2D eigenvalue weighted by Crippen LogP contribution is -2.13. The highest BCUT2D eigenvalue weighted by atomic mass is 19.2. The lowest BCUT2D eigenvalue weighted by Gasteiger charge is -2.08. The number of hydrogen-bond acceptors (Lipinski definition) is 3. The molecule has 106 valence electrons. The van der Waals surface area contributed by atoms with E-state index >= 15 is 0 Å². The number of benzene rings is 2. The normalized spacial score (nSPS) is 10.6. The highest BCUT2D eigenvalue weighted by molar-refractivity contribution is 5.39. The van der Waals surface area contributed by atoms with Gasteiger partial charge in [0.1, 0.15) is 11.5 Å². The number of phenolic OH excluding ortho intramolecular Hbond substituents is 1. The van der Waals surface area contributed by atoms with Crippen molar-refractivity contribution in [2.45, 2.75) is 13.1 Å². The third kappa shape index (κ3) is 3.45. The van der Waals surface area contributed by atoms with Gasteiger partial charge in [-0.05, 0) is 23.8 Å². The van der Waals surface area contributed by atoms with E-state index in [9.17, 15) is 13.9 Å². The molecule has 0 radical (unpaired) electrons. The third-order valence-corrected chi connectivity index (χ3v) is 2.92. The summed E-state index contributed by atoms with van der Waals surface area (Å²) in [4.78, 5) is 0. The monoisotopic (exact) mass is 279 g/mol. The largest absolute Gasteiger partial charge is 0.507 e. The number of hydrogen-bond donors (Lipinski definition) is 2. The molecule has 3 nitrogen and oxygen atoms in total. The third-order valence-electron chi connectivity index (χ3n) is 2.92. The van der Waals surface area contributed by atoms with Crippen LogP contribution in [0.15, 0.2) is 36.4 Å². The van der Waals surface area contributed by atoms with Crippen molar-refractivity contribution in [1.29, 1.82) is 0 Å². The summed E-state index contributed by atoms with van der Waals surface area (Å²) in [7, 11) is 1.52. The lowest BCUT2D eigenvalue weighted by atomic mass is 10.1. The minimum Gasteiger partial charge on any atom is -0.507 e. The van der Waals surface area contributed by atoms with Crippen LogP contribution in [0.1, 0.15) is 11.1 Å². The molecular weight excluding hydrogens is 264 g/mol. The van der Waals surface area contributed by atoms with E-state index in [1.807, 2.05) is 0 Å². The average Bonchev–Trinajstić information content (AvgIpc) is 2.44. The molecule has 0 bridgehead atoms. The van der Waals surface area contributed by atoms with Crippen molar-refractivity contribution in [2.75, 3.05) is 7.11 Å². The molecule has 0 atom stereocenters. The van der Waals surface area contributed by atoms with Crippen LogP contribution in [0.4, 0.5) is 8.78 Å². The predicted molar refractivity (Wildman–Crippen MR) is 71.6 cm³/mol. The van der Waals surface area contributed by atoms with Gasteiger partial charge in [-0.3, -0.25) is 0 Å². The molecule has 0 aliphatic carbocycles. The molecule has 2 N–H and O–H groups in total. The lowest BCUT2D eigenvalue weighted by molar-refractivity contribution is 0.406. The van der Waals surface area contributed by atoms with E-state index in [-0.39, 0.29) is 5.75 Å². The summed E-state index contributed by atoms with van der Waals surface area (Å²) in [5.41, 5.74) is 1.34. The molecule has 0 unspecified atom stereocenters. The van der Waals surface area contributed by atoms with Crippen LogP contribution in [0, 0.1) is 11.6 Å². The van der Waals surface area contributed by atoms with E-state index < -0.39 is 11.6 Å². The number of ether oxygens (including phenoxy) is 1. The molecule has 0 fully saturated rings. The van der Waals surface area contributed by atoms with E-state index in [4.69, 9.17) is 4.74 Å². The van der Waals surface area contributed by atoms with E-state index in [1.165, 1.54) is 19.2 Å². The molecule has 0 saturated heterocycles. The van der Waals surface area contributed by atoms with Crippen molar-refractivity contribution < 1.29 is 18.6 Å². The van der Waals surface area contributed by atoms with Crippen molar-refractivity contribution in [3.8, 4) is 11.5 Å². The van der Waals surface area contributed by atoms with Crippen molar-refractivity contribution >= 4 is 0 Å². The van der Waals surface area contributed by atoms with Crippen LogP contribution in [0.2, 0.25) is 0 Å². The summed E-state index contributed by atoms with van der Waals surface area (Å²) in [5, 5.41) is 12.8. The average molecular weight is 279 g/mol. The smallest absolute Gasteiger partial charge is 0.159 e. The first-order valence-corrected chi connectivity index (χ1v) is 6.10. The zero-order chi connectivity index (χ0) is 14.5. The second kappa shape index (κ2) is 6.34. The molecule has 2 aromatic carbocycles. The fourth-order valence-electron chi connectivity index (χ4n) is 1.81. The number of aromatic hydroxyl groups is 1. The summed E-state index contributed by atoms with van der Waals surface area (Å²) in [6.45, 7) is 0.789. The zero-order valence-corrected chi connectivity index (χ0v) is 11.0.